The third kappa shape index (κ3) is 5.45. The van der Waals surface area contributed by atoms with Crippen LogP contribution in [0.2, 0.25) is 5.02 Å². The average Bonchev–Trinajstić information content (AvgIpc) is 3.45. The van der Waals surface area contributed by atoms with E-state index in [1.54, 1.807) is 56.5 Å². The van der Waals surface area contributed by atoms with Crippen molar-refractivity contribution in [1.82, 2.24) is 9.66 Å². The van der Waals surface area contributed by atoms with Crippen molar-refractivity contribution in [2.75, 3.05) is 20.8 Å². The summed E-state index contributed by atoms with van der Waals surface area (Å²) in [7, 11) is 2.84. The largest absolute Gasteiger partial charge is 0.496 e. The number of hydrogen-bond acceptors (Lipinski definition) is 9. The number of hydrogen-bond donors (Lipinski definition) is 0. The zero-order chi connectivity index (χ0) is 30.0. The van der Waals surface area contributed by atoms with E-state index in [0.717, 1.165) is 10.1 Å². The lowest BCUT2D eigenvalue weighted by Gasteiger charge is -2.18. The van der Waals surface area contributed by atoms with E-state index in [0.29, 0.717) is 44.6 Å². The Morgan fingerprint density at radius 1 is 1.14 bits per heavy atom. The van der Waals surface area contributed by atoms with Crippen molar-refractivity contribution in [2.24, 2.45) is 5.10 Å². The molecule has 0 aliphatic carbocycles. The molecule has 0 spiro atoms. The van der Waals surface area contributed by atoms with E-state index in [-0.39, 0.29) is 22.3 Å². The fraction of sp³-hybridized carbons (Fsp3) is 0.200. The third-order valence-corrected chi connectivity index (χ3v) is 7.75. The van der Waals surface area contributed by atoms with Gasteiger partial charge < -0.3 is 23.4 Å². The van der Waals surface area contributed by atoms with Crippen molar-refractivity contribution >= 4 is 61.6 Å². The van der Waals surface area contributed by atoms with E-state index >= 15 is 0 Å². The lowest BCUT2D eigenvalue weighted by atomic mass is 10.2. The molecule has 5 rings (SSSR count). The summed E-state index contributed by atoms with van der Waals surface area (Å²) < 4.78 is 29.4. The van der Waals surface area contributed by atoms with Gasteiger partial charge in [0.1, 0.15) is 16.4 Å². The number of benzene rings is 3. The molecular formula is C30H25BrClN3O7. The molecule has 0 aliphatic rings. The highest BCUT2D eigenvalue weighted by atomic mass is 79.9. The molecule has 0 saturated heterocycles. The van der Waals surface area contributed by atoms with Crippen LogP contribution in [-0.4, -0.2) is 48.8 Å². The first-order valence-corrected chi connectivity index (χ1v) is 14.0. The highest BCUT2D eigenvalue weighted by Gasteiger charge is 2.23. The van der Waals surface area contributed by atoms with Gasteiger partial charge in [0.05, 0.1) is 43.3 Å². The first kappa shape index (κ1) is 29.2. The molecular weight excluding hydrogens is 630 g/mol. The van der Waals surface area contributed by atoms with Crippen molar-refractivity contribution in [2.45, 2.75) is 20.0 Å². The van der Waals surface area contributed by atoms with Crippen LogP contribution >= 0.6 is 27.5 Å². The quantitative estimate of drug-likeness (QED) is 0.132. The molecule has 12 heteroatoms. The van der Waals surface area contributed by atoms with Crippen molar-refractivity contribution in [3.8, 4) is 28.8 Å². The van der Waals surface area contributed by atoms with Gasteiger partial charge in [-0.1, -0.05) is 29.8 Å². The molecule has 1 atom stereocenters. The summed E-state index contributed by atoms with van der Waals surface area (Å²) in [6.45, 7) is 3.63. The molecule has 3 aromatic carbocycles. The topological polar surface area (TPSA) is 114 Å². The Balaban J connectivity index is 1.66. The summed E-state index contributed by atoms with van der Waals surface area (Å²) in [5.74, 6) is 0.980. The van der Waals surface area contributed by atoms with E-state index in [9.17, 15) is 9.59 Å². The maximum atomic E-state index is 13.7. The first-order chi connectivity index (χ1) is 20.3. The lowest BCUT2D eigenvalue weighted by molar-refractivity contribution is -0.147. The summed E-state index contributed by atoms with van der Waals surface area (Å²) in [6.07, 6.45) is 0.502. The second-order valence-electron chi connectivity index (χ2n) is 8.93. The van der Waals surface area contributed by atoms with Gasteiger partial charge in [-0.25, -0.2) is 9.78 Å². The van der Waals surface area contributed by atoms with E-state index in [1.807, 2.05) is 12.1 Å². The van der Waals surface area contributed by atoms with Crippen LogP contribution in [0.4, 0.5) is 0 Å². The van der Waals surface area contributed by atoms with Gasteiger partial charge in [-0.3, -0.25) is 4.79 Å². The van der Waals surface area contributed by atoms with E-state index < -0.39 is 17.6 Å². The molecule has 0 fully saturated rings. The molecule has 2 heterocycles. The molecule has 42 heavy (non-hydrogen) atoms. The normalized spacial score (nSPS) is 12.1. The molecule has 0 N–H and O–H groups in total. The molecule has 5 aromatic rings. The molecule has 0 saturated carbocycles. The number of fused-ring (bicyclic) bond motifs is 2. The third-order valence-electron chi connectivity index (χ3n) is 6.31. The predicted octanol–water partition coefficient (Wildman–Crippen LogP) is 6.46. The SMILES string of the molecule is CCOc1cc(C=Nn2c(-c3cc4c(OC)cccc4o3)nc3ccccc3c2=O)c(Br)c(Cl)c1O[C@@H](C)C(=O)OC. The predicted molar refractivity (Wildman–Crippen MR) is 163 cm³/mol. The number of rotatable bonds is 9. The molecule has 10 nitrogen and oxygen atoms in total. The maximum Gasteiger partial charge on any atom is 0.346 e. The van der Waals surface area contributed by atoms with Crippen molar-refractivity contribution < 1.29 is 28.2 Å². The van der Waals surface area contributed by atoms with Crippen LogP contribution in [0.25, 0.3) is 33.5 Å². The summed E-state index contributed by atoms with van der Waals surface area (Å²) >= 11 is 10.1. The Kier molecular flexibility index (Phi) is 8.51. The number of carbonyl (C=O) groups is 1. The maximum absolute atomic E-state index is 13.7. The monoisotopic (exact) mass is 653 g/mol. The highest BCUT2D eigenvalue weighted by Crippen LogP contribution is 2.43. The molecule has 216 valence electrons. The Bertz CT molecular complexity index is 1900. The van der Waals surface area contributed by atoms with Gasteiger partial charge in [-0.05, 0) is 66.2 Å². The van der Waals surface area contributed by atoms with Gasteiger partial charge in [0.2, 0.25) is 5.82 Å². The Hall–Kier alpha value is -4.35. The molecule has 0 radical (unpaired) electrons. The van der Waals surface area contributed by atoms with Gasteiger partial charge in [0.25, 0.3) is 5.56 Å². The summed E-state index contributed by atoms with van der Waals surface area (Å²) in [4.78, 5) is 30.4. The fourth-order valence-corrected chi connectivity index (χ4v) is 4.94. The summed E-state index contributed by atoms with van der Waals surface area (Å²) in [6, 6.07) is 15.8. The Morgan fingerprint density at radius 2 is 1.93 bits per heavy atom. The van der Waals surface area contributed by atoms with Crippen LogP contribution in [0.3, 0.4) is 0 Å². The van der Waals surface area contributed by atoms with Gasteiger partial charge in [0.15, 0.2) is 23.4 Å². The summed E-state index contributed by atoms with van der Waals surface area (Å²) in [5.41, 5.74) is 1.12. The first-order valence-electron chi connectivity index (χ1n) is 12.8. The number of aromatic nitrogens is 2. The molecule has 0 bridgehead atoms. The number of halogens is 2. The second kappa shape index (κ2) is 12.3. The van der Waals surface area contributed by atoms with Crippen molar-refractivity contribution in [3.63, 3.8) is 0 Å². The number of esters is 1. The minimum Gasteiger partial charge on any atom is -0.496 e. The van der Waals surface area contributed by atoms with Gasteiger partial charge in [-0.15, -0.1) is 0 Å². The van der Waals surface area contributed by atoms with Crippen LogP contribution in [0.1, 0.15) is 19.4 Å². The van der Waals surface area contributed by atoms with Gasteiger partial charge in [-0.2, -0.15) is 9.78 Å². The number of carbonyl (C=O) groups excluding carboxylic acids is 1. The average molecular weight is 655 g/mol. The standard InChI is InChI=1S/C30H25BrClN3O7/c1-5-40-23-13-17(25(31)26(32)27(23)41-16(2)30(37)39-4)15-33-35-28(34-20-10-7-6-9-18(20)29(35)36)24-14-19-21(38-3)11-8-12-22(19)42-24/h6-16H,5H2,1-4H3/t16-/m0/s1. The number of ether oxygens (including phenoxy) is 4. The molecule has 0 amide bonds. The zero-order valence-electron chi connectivity index (χ0n) is 23.0. The van der Waals surface area contributed by atoms with Crippen LogP contribution in [0.15, 0.2) is 73.4 Å². The van der Waals surface area contributed by atoms with E-state index in [4.69, 9.17) is 39.9 Å². The van der Waals surface area contributed by atoms with Crippen molar-refractivity contribution in [1.29, 1.82) is 0 Å². The second-order valence-corrected chi connectivity index (χ2v) is 10.1. The van der Waals surface area contributed by atoms with E-state index in [2.05, 4.69) is 21.0 Å². The number of para-hydroxylation sites is 1. The fourth-order valence-electron chi connectivity index (χ4n) is 4.29. The Morgan fingerprint density at radius 3 is 2.67 bits per heavy atom. The Labute approximate surface area is 253 Å². The number of furan rings is 1. The van der Waals surface area contributed by atoms with Crippen LogP contribution in [0, 0.1) is 0 Å². The van der Waals surface area contributed by atoms with Crippen molar-refractivity contribution in [3.05, 3.63) is 80.0 Å². The minimum absolute atomic E-state index is 0.145. The summed E-state index contributed by atoms with van der Waals surface area (Å²) in [5, 5.41) is 5.76. The molecule has 0 aliphatic heterocycles. The smallest absolute Gasteiger partial charge is 0.346 e. The van der Waals surface area contributed by atoms with Crippen LogP contribution in [-0.2, 0) is 9.53 Å². The van der Waals surface area contributed by atoms with E-state index in [1.165, 1.54) is 20.2 Å². The number of methoxy groups -OCH3 is 2. The van der Waals surface area contributed by atoms with Gasteiger partial charge >= 0.3 is 5.97 Å². The highest BCUT2D eigenvalue weighted by molar-refractivity contribution is 9.10. The lowest BCUT2D eigenvalue weighted by Crippen LogP contribution is -2.25. The minimum atomic E-state index is -0.939. The van der Waals surface area contributed by atoms with Crippen LogP contribution < -0.4 is 19.8 Å². The molecule has 2 aromatic heterocycles. The zero-order valence-corrected chi connectivity index (χ0v) is 25.4. The van der Waals surface area contributed by atoms with Crippen LogP contribution in [0.5, 0.6) is 17.2 Å². The molecule has 0 unspecified atom stereocenters. The number of nitrogens with zero attached hydrogens (tertiary/aromatic N) is 3. The van der Waals surface area contributed by atoms with Gasteiger partial charge in [0, 0.05) is 10.0 Å².